The maximum atomic E-state index is 11.9. The van der Waals surface area contributed by atoms with Gasteiger partial charge in [0.1, 0.15) is 0 Å². The number of aryl methyl sites for hydroxylation is 1. The average molecular weight is 283 g/mol. The Hall–Kier alpha value is -0.870. The number of hydrogen-bond acceptors (Lipinski definition) is 3. The van der Waals surface area contributed by atoms with Crippen molar-refractivity contribution >= 4 is 9.84 Å². The summed E-state index contributed by atoms with van der Waals surface area (Å²) in [5.74, 6) is 0. The third-order valence-corrected chi connectivity index (χ3v) is 6.01. The first-order valence-electron chi connectivity index (χ1n) is 6.76. The standard InChI is InChI=1S/C15H25NO2S/c1-5-16-14(15(2,3)19(4,17)18)12-11-13-9-7-6-8-10-13/h6-10,14,16H,5,11-12H2,1-4H3. The van der Waals surface area contributed by atoms with E-state index in [2.05, 4.69) is 17.4 Å². The molecule has 0 amide bonds. The Morgan fingerprint density at radius 1 is 1.21 bits per heavy atom. The quantitative estimate of drug-likeness (QED) is 0.836. The molecule has 0 saturated carbocycles. The van der Waals surface area contributed by atoms with E-state index in [0.29, 0.717) is 0 Å². The zero-order valence-electron chi connectivity index (χ0n) is 12.3. The molecule has 19 heavy (non-hydrogen) atoms. The third-order valence-electron chi connectivity index (χ3n) is 3.81. The van der Waals surface area contributed by atoms with Crippen molar-refractivity contribution in [2.45, 2.75) is 44.4 Å². The fourth-order valence-corrected chi connectivity index (χ4v) is 2.87. The second-order valence-corrected chi connectivity index (χ2v) is 8.11. The fraction of sp³-hybridized carbons (Fsp3) is 0.600. The third kappa shape index (κ3) is 4.32. The highest BCUT2D eigenvalue weighted by atomic mass is 32.2. The number of benzene rings is 1. The summed E-state index contributed by atoms with van der Waals surface area (Å²) < 4.78 is 23.1. The van der Waals surface area contributed by atoms with E-state index in [-0.39, 0.29) is 6.04 Å². The predicted octanol–water partition coefficient (Wildman–Crippen LogP) is 2.42. The van der Waals surface area contributed by atoms with Gasteiger partial charge >= 0.3 is 0 Å². The first-order valence-corrected chi connectivity index (χ1v) is 8.65. The van der Waals surface area contributed by atoms with Crippen LogP contribution in [-0.2, 0) is 16.3 Å². The molecule has 0 aliphatic heterocycles. The molecule has 0 heterocycles. The highest BCUT2D eigenvalue weighted by Crippen LogP contribution is 2.23. The Balaban J connectivity index is 2.79. The van der Waals surface area contributed by atoms with Gasteiger partial charge in [-0.25, -0.2) is 8.42 Å². The summed E-state index contributed by atoms with van der Waals surface area (Å²) in [6.07, 6.45) is 3.02. The van der Waals surface area contributed by atoms with Crippen LogP contribution >= 0.6 is 0 Å². The monoisotopic (exact) mass is 283 g/mol. The normalized spacial score (nSPS) is 14.3. The number of sulfone groups is 1. The molecule has 1 unspecified atom stereocenters. The van der Waals surface area contributed by atoms with Crippen molar-refractivity contribution in [1.82, 2.24) is 5.32 Å². The molecular formula is C15H25NO2S. The van der Waals surface area contributed by atoms with Crippen molar-refractivity contribution in [2.24, 2.45) is 0 Å². The Labute approximate surface area is 117 Å². The first kappa shape index (κ1) is 16.2. The molecule has 0 aromatic heterocycles. The Kier molecular flexibility index (Phi) is 5.56. The molecule has 1 N–H and O–H groups in total. The van der Waals surface area contributed by atoms with Crippen LogP contribution in [0.4, 0.5) is 0 Å². The van der Waals surface area contributed by atoms with E-state index < -0.39 is 14.6 Å². The van der Waals surface area contributed by atoms with Gasteiger partial charge in [0.2, 0.25) is 0 Å². The zero-order valence-corrected chi connectivity index (χ0v) is 13.1. The second-order valence-electron chi connectivity index (χ2n) is 5.51. The summed E-state index contributed by atoms with van der Waals surface area (Å²) in [6, 6.07) is 10.1. The van der Waals surface area contributed by atoms with Gasteiger partial charge in [0, 0.05) is 12.3 Å². The lowest BCUT2D eigenvalue weighted by Crippen LogP contribution is -2.51. The molecule has 0 bridgehead atoms. The topological polar surface area (TPSA) is 46.2 Å². The second kappa shape index (κ2) is 6.53. The van der Waals surface area contributed by atoms with Gasteiger partial charge in [-0.1, -0.05) is 37.3 Å². The van der Waals surface area contributed by atoms with E-state index in [0.717, 1.165) is 19.4 Å². The first-order chi connectivity index (χ1) is 8.79. The predicted molar refractivity (Wildman–Crippen MR) is 81.2 cm³/mol. The smallest absolute Gasteiger partial charge is 0.154 e. The van der Waals surface area contributed by atoms with Gasteiger partial charge in [-0.3, -0.25) is 0 Å². The number of nitrogens with one attached hydrogen (secondary N) is 1. The Morgan fingerprint density at radius 2 is 1.79 bits per heavy atom. The summed E-state index contributed by atoms with van der Waals surface area (Å²) >= 11 is 0. The molecule has 1 aromatic rings. The largest absolute Gasteiger partial charge is 0.313 e. The zero-order chi connectivity index (χ0) is 14.5. The van der Waals surface area contributed by atoms with Crippen LogP contribution in [0.1, 0.15) is 32.8 Å². The van der Waals surface area contributed by atoms with Crippen LogP contribution in [0.2, 0.25) is 0 Å². The molecule has 0 spiro atoms. The maximum Gasteiger partial charge on any atom is 0.154 e. The van der Waals surface area contributed by atoms with Gasteiger partial charge in [0.25, 0.3) is 0 Å². The van der Waals surface area contributed by atoms with Crippen LogP contribution in [0, 0.1) is 0 Å². The fourth-order valence-electron chi connectivity index (χ4n) is 2.16. The van der Waals surface area contributed by atoms with Crippen molar-refractivity contribution in [3.63, 3.8) is 0 Å². The highest BCUT2D eigenvalue weighted by molar-refractivity contribution is 7.92. The molecule has 1 atom stereocenters. The molecule has 3 nitrogen and oxygen atoms in total. The van der Waals surface area contributed by atoms with Crippen molar-refractivity contribution < 1.29 is 8.42 Å². The van der Waals surface area contributed by atoms with Crippen LogP contribution in [0.15, 0.2) is 30.3 Å². The summed E-state index contributed by atoms with van der Waals surface area (Å²) in [6.45, 7) is 6.40. The minimum atomic E-state index is -3.09. The summed E-state index contributed by atoms with van der Waals surface area (Å²) in [5.41, 5.74) is 1.25. The number of hydrogen-bond donors (Lipinski definition) is 1. The molecule has 1 rings (SSSR count). The van der Waals surface area contributed by atoms with Gasteiger partial charge in [-0.15, -0.1) is 0 Å². The highest BCUT2D eigenvalue weighted by Gasteiger charge is 2.38. The molecule has 0 aliphatic carbocycles. The van der Waals surface area contributed by atoms with Gasteiger partial charge in [-0.05, 0) is 38.8 Å². The van der Waals surface area contributed by atoms with Crippen LogP contribution < -0.4 is 5.32 Å². The van der Waals surface area contributed by atoms with E-state index in [1.807, 2.05) is 25.1 Å². The minimum absolute atomic E-state index is 0.0345. The minimum Gasteiger partial charge on any atom is -0.313 e. The average Bonchev–Trinajstić information content (AvgIpc) is 2.34. The molecular weight excluding hydrogens is 258 g/mol. The molecule has 1 aromatic carbocycles. The van der Waals surface area contributed by atoms with Gasteiger partial charge in [-0.2, -0.15) is 0 Å². The molecule has 0 aliphatic rings. The van der Waals surface area contributed by atoms with E-state index in [1.165, 1.54) is 11.8 Å². The Morgan fingerprint density at radius 3 is 2.26 bits per heavy atom. The van der Waals surface area contributed by atoms with Crippen LogP contribution in [0.25, 0.3) is 0 Å². The van der Waals surface area contributed by atoms with Crippen molar-refractivity contribution in [3.05, 3.63) is 35.9 Å². The van der Waals surface area contributed by atoms with E-state index >= 15 is 0 Å². The summed E-state index contributed by atoms with van der Waals surface area (Å²) in [5, 5.41) is 3.32. The van der Waals surface area contributed by atoms with E-state index in [9.17, 15) is 8.42 Å². The molecule has 0 fully saturated rings. The SMILES string of the molecule is CCNC(CCc1ccccc1)C(C)(C)S(C)(=O)=O. The van der Waals surface area contributed by atoms with Crippen LogP contribution in [-0.4, -0.2) is 32.0 Å². The molecule has 0 saturated heterocycles. The van der Waals surface area contributed by atoms with Gasteiger partial charge in [0.05, 0.1) is 4.75 Å². The van der Waals surface area contributed by atoms with Crippen LogP contribution in [0.3, 0.4) is 0 Å². The summed E-state index contributed by atoms with van der Waals surface area (Å²) in [4.78, 5) is 0. The molecule has 4 heteroatoms. The van der Waals surface area contributed by atoms with Crippen molar-refractivity contribution in [2.75, 3.05) is 12.8 Å². The molecule has 108 valence electrons. The van der Waals surface area contributed by atoms with E-state index in [4.69, 9.17) is 0 Å². The van der Waals surface area contributed by atoms with Gasteiger partial charge in [0.15, 0.2) is 9.84 Å². The maximum absolute atomic E-state index is 11.9. The number of rotatable bonds is 7. The van der Waals surface area contributed by atoms with Crippen molar-refractivity contribution in [3.8, 4) is 0 Å². The van der Waals surface area contributed by atoms with Crippen molar-refractivity contribution in [1.29, 1.82) is 0 Å². The summed E-state index contributed by atoms with van der Waals surface area (Å²) in [7, 11) is -3.09. The molecule has 0 radical (unpaired) electrons. The van der Waals surface area contributed by atoms with Gasteiger partial charge < -0.3 is 5.32 Å². The van der Waals surface area contributed by atoms with E-state index in [1.54, 1.807) is 13.8 Å². The lowest BCUT2D eigenvalue weighted by atomic mass is 9.95. The van der Waals surface area contributed by atoms with Crippen LogP contribution in [0.5, 0.6) is 0 Å². The lowest BCUT2D eigenvalue weighted by molar-refractivity contribution is 0.395. The lowest BCUT2D eigenvalue weighted by Gasteiger charge is -2.33. The Bertz CT molecular complexity index is 480.